The second-order valence-electron chi connectivity index (χ2n) is 7.83. The number of nitrogens with zero attached hydrogens (tertiary/aromatic N) is 3. The Hall–Kier alpha value is -2.49. The summed E-state index contributed by atoms with van der Waals surface area (Å²) in [7, 11) is 0. The molecule has 1 aromatic carbocycles. The van der Waals surface area contributed by atoms with Crippen molar-refractivity contribution in [3.63, 3.8) is 0 Å². The van der Waals surface area contributed by atoms with Crippen molar-refractivity contribution in [1.29, 1.82) is 0 Å². The Morgan fingerprint density at radius 1 is 1.00 bits per heavy atom. The highest BCUT2D eigenvalue weighted by atomic mass is 19.1. The Bertz CT molecular complexity index is 1020. The van der Waals surface area contributed by atoms with Crippen molar-refractivity contribution in [3.05, 3.63) is 70.8 Å². The zero-order valence-corrected chi connectivity index (χ0v) is 15.3. The van der Waals surface area contributed by atoms with Gasteiger partial charge in [-0.1, -0.05) is 26.0 Å². The van der Waals surface area contributed by atoms with E-state index < -0.39 is 11.0 Å². The van der Waals surface area contributed by atoms with Gasteiger partial charge in [-0.15, -0.1) is 0 Å². The van der Waals surface area contributed by atoms with E-state index in [0.717, 1.165) is 33.5 Å². The standard InChI is InChI=1S/C21H22FN3/c1-13-15(12-23-25-11-7-10-17(13)25)19-14-8-6-9-16(22)18(14)20(2,3)21(4,5)24-19/h6-12H,1-5H3. The van der Waals surface area contributed by atoms with Crippen molar-refractivity contribution in [3.8, 4) is 0 Å². The van der Waals surface area contributed by atoms with Crippen molar-refractivity contribution in [2.24, 2.45) is 4.99 Å². The lowest BCUT2D eigenvalue weighted by Gasteiger charge is -2.44. The van der Waals surface area contributed by atoms with Crippen LogP contribution in [0.25, 0.3) is 5.52 Å². The highest BCUT2D eigenvalue weighted by Gasteiger charge is 2.45. The summed E-state index contributed by atoms with van der Waals surface area (Å²) in [5, 5.41) is 4.50. The highest BCUT2D eigenvalue weighted by Crippen LogP contribution is 2.45. The molecular weight excluding hydrogens is 313 g/mol. The van der Waals surface area contributed by atoms with Gasteiger partial charge in [0.1, 0.15) is 5.82 Å². The van der Waals surface area contributed by atoms with Gasteiger partial charge in [-0.05, 0) is 44.5 Å². The summed E-state index contributed by atoms with van der Waals surface area (Å²) >= 11 is 0. The SMILES string of the molecule is Cc1c(C2=NC(C)(C)C(C)(C)c3c(F)cccc32)cnn2cccc12. The Morgan fingerprint density at radius 3 is 2.52 bits per heavy atom. The van der Waals surface area contributed by atoms with Gasteiger partial charge >= 0.3 is 0 Å². The van der Waals surface area contributed by atoms with E-state index >= 15 is 0 Å². The number of hydrogen-bond acceptors (Lipinski definition) is 2. The van der Waals surface area contributed by atoms with E-state index in [2.05, 4.69) is 39.7 Å². The molecule has 128 valence electrons. The molecule has 0 amide bonds. The first-order valence-electron chi connectivity index (χ1n) is 8.56. The molecule has 0 bridgehead atoms. The summed E-state index contributed by atoms with van der Waals surface area (Å²) < 4.78 is 16.7. The predicted molar refractivity (Wildman–Crippen MR) is 99.1 cm³/mol. The fraction of sp³-hybridized carbons (Fsp3) is 0.333. The second kappa shape index (κ2) is 5.01. The number of aromatic nitrogens is 2. The molecule has 3 heterocycles. The van der Waals surface area contributed by atoms with Gasteiger partial charge in [0.15, 0.2) is 0 Å². The molecule has 0 N–H and O–H groups in total. The average molecular weight is 335 g/mol. The van der Waals surface area contributed by atoms with Gasteiger partial charge in [-0.2, -0.15) is 5.10 Å². The van der Waals surface area contributed by atoms with E-state index in [4.69, 9.17) is 4.99 Å². The molecule has 0 unspecified atom stereocenters. The molecule has 1 aliphatic heterocycles. The fourth-order valence-corrected chi connectivity index (χ4v) is 3.71. The number of rotatable bonds is 1. The van der Waals surface area contributed by atoms with Gasteiger partial charge in [0.25, 0.3) is 0 Å². The molecule has 4 heteroatoms. The van der Waals surface area contributed by atoms with Crippen LogP contribution >= 0.6 is 0 Å². The number of halogens is 1. The third kappa shape index (κ3) is 2.10. The Morgan fingerprint density at radius 2 is 1.76 bits per heavy atom. The lowest BCUT2D eigenvalue weighted by atomic mass is 9.65. The minimum absolute atomic E-state index is 0.169. The van der Waals surface area contributed by atoms with E-state index in [1.807, 2.05) is 35.1 Å². The van der Waals surface area contributed by atoms with Crippen LogP contribution in [0.4, 0.5) is 4.39 Å². The fourth-order valence-electron chi connectivity index (χ4n) is 3.71. The maximum Gasteiger partial charge on any atom is 0.127 e. The Balaban J connectivity index is 2.06. The minimum Gasteiger partial charge on any atom is -0.277 e. The molecule has 1 aliphatic rings. The molecule has 2 aromatic heterocycles. The van der Waals surface area contributed by atoms with Gasteiger partial charge < -0.3 is 0 Å². The highest BCUT2D eigenvalue weighted by molar-refractivity contribution is 6.16. The van der Waals surface area contributed by atoms with Crippen molar-refractivity contribution >= 4 is 11.2 Å². The smallest absolute Gasteiger partial charge is 0.127 e. The van der Waals surface area contributed by atoms with Crippen LogP contribution in [-0.2, 0) is 5.41 Å². The van der Waals surface area contributed by atoms with Crippen LogP contribution in [-0.4, -0.2) is 20.9 Å². The molecule has 0 fully saturated rings. The van der Waals surface area contributed by atoms with Crippen LogP contribution < -0.4 is 0 Å². The number of hydrogen-bond donors (Lipinski definition) is 0. The summed E-state index contributed by atoms with van der Waals surface area (Å²) in [6, 6.07) is 9.28. The lowest BCUT2D eigenvalue weighted by molar-refractivity contribution is 0.293. The van der Waals surface area contributed by atoms with Gasteiger partial charge in [0, 0.05) is 28.3 Å². The Labute approximate surface area is 147 Å². The summed E-state index contributed by atoms with van der Waals surface area (Å²) in [6.07, 6.45) is 3.76. The van der Waals surface area contributed by atoms with Crippen LogP contribution in [0.15, 0.2) is 47.7 Å². The number of benzene rings is 1. The van der Waals surface area contributed by atoms with E-state index in [1.165, 1.54) is 0 Å². The van der Waals surface area contributed by atoms with Gasteiger partial charge in [0.2, 0.25) is 0 Å². The Kier molecular flexibility index (Phi) is 3.21. The normalized spacial score (nSPS) is 18.1. The molecule has 0 aliphatic carbocycles. The number of fused-ring (bicyclic) bond motifs is 2. The monoisotopic (exact) mass is 335 g/mol. The maximum atomic E-state index is 14.8. The zero-order chi connectivity index (χ0) is 18.0. The largest absolute Gasteiger partial charge is 0.277 e. The third-order valence-corrected chi connectivity index (χ3v) is 5.90. The first-order chi connectivity index (χ1) is 11.7. The summed E-state index contributed by atoms with van der Waals surface area (Å²) in [5.41, 5.74) is 4.69. The van der Waals surface area contributed by atoms with Crippen molar-refractivity contribution in [2.75, 3.05) is 0 Å². The maximum absolute atomic E-state index is 14.8. The van der Waals surface area contributed by atoms with E-state index in [-0.39, 0.29) is 5.82 Å². The first-order valence-corrected chi connectivity index (χ1v) is 8.56. The molecule has 0 spiro atoms. The van der Waals surface area contributed by atoms with Crippen molar-refractivity contribution < 1.29 is 4.39 Å². The molecule has 4 rings (SSSR count). The van der Waals surface area contributed by atoms with Crippen LogP contribution in [0.3, 0.4) is 0 Å². The van der Waals surface area contributed by atoms with Crippen molar-refractivity contribution in [2.45, 2.75) is 45.6 Å². The minimum atomic E-state index is -0.432. The van der Waals surface area contributed by atoms with Crippen LogP contribution in [0.5, 0.6) is 0 Å². The second-order valence-corrected chi connectivity index (χ2v) is 7.83. The van der Waals surface area contributed by atoms with Crippen LogP contribution in [0.2, 0.25) is 0 Å². The van der Waals surface area contributed by atoms with E-state index in [0.29, 0.717) is 0 Å². The summed E-state index contributed by atoms with van der Waals surface area (Å²) in [6.45, 7) is 10.3. The van der Waals surface area contributed by atoms with Gasteiger partial charge in [0.05, 0.1) is 23.0 Å². The molecule has 0 saturated carbocycles. The number of aliphatic imine (C=N–C) groups is 1. The first kappa shape index (κ1) is 16.0. The quantitative estimate of drug-likeness (QED) is 0.634. The molecule has 25 heavy (non-hydrogen) atoms. The number of aryl methyl sites for hydroxylation is 1. The third-order valence-electron chi connectivity index (χ3n) is 5.90. The predicted octanol–water partition coefficient (Wildman–Crippen LogP) is 4.69. The average Bonchev–Trinajstić information content (AvgIpc) is 3.01. The molecule has 3 nitrogen and oxygen atoms in total. The molecule has 3 aromatic rings. The van der Waals surface area contributed by atoms with E-state index in [1.54, 1.807) is 12.1 Å². The molecule has 0 saturated heterocycles. The molecule has 0 atom stereocenters. The topological polar surface area (TPSA) is 29.7 Å². The van der Waals surface area contributed by atoms with Crippen LogP contribution in [0, 0.1) is 12.7 Å². The van der Waals surface area contributed by atoms with Gasteiger partial charge in [-0.25, -0.2) is 8.91 Å². The summed E-state index contributed by atoms with van der Waals surface area (Å²) in [4.78, 5) is 5.07. The molecular formula is C21H22FN3. The van der Waals surface area contributed by atoms with Crippen molar-refractivity contribution in [1.82, 2.24) is 9.61 Å². The zero-order valence-electron chi connectivity index (χ0n) is 15.3. The van der Waals surface area contributed by atoms with E-state index in [9.17, 15) is 4.39 Å². The summed E-state index contributed by atoms with van der Waals surface area (Å²) in [5.74, 6) is -0.169. The van der Waals surface area contributed by atoms with Gasteiger partial charge in [-0.3, -0.25) is 4.99 Å². The van der Waals surface area contributed by atoms with Crippen LogP contribution in [0.1, 0.15) is 49.9 Å². The molecule has 0 radical (unpaired) electrons. The lowest BCUT2D eigenvalue weighted by Crippen LogP contribution is -2.47.